The average Bonchev–Trinajstić information content (AvgIpc) is 3.23. The number of ether oxygens (including phenoxy) is 1. The van der Waals surface area contributed by atoms with Crippen molar-refractivity contribution < 1.29 is 9.53 Å². The molecule has 0 unspecified atom stereocenters. The minimum absolute atomic E-state index is 0.285. The molecule has 1 aromatic carbocycles. The normalized spacial score (nSPS) is 10.2. The van der Waals surface area contributed by atoms with Gasteiger partial charge in [-0.15, -0.1) is 0 Å². The van der Waals surface area contributed by atoms with Crippen LogP contribution in [-0.4, -0.2) is 47.8 Å². The number of carbonyl (C=O) groups excluding carboxylic acids is 1. The Morgan fingerprint density at radius 2 is 1.60 bits per heavy atom. The highest BCUT2D eigenvalue weighted by Gasteiger charge is 2.12. The van der Waals surface area contributed by atoms with Crippen molar-refractivity contribution >= 4 is 35.1 Å². The molecule has 188 valence electrons. The van der Waals surface area contributed by atoms with Crippen LogP contribution < -0.4 is 5.32 Å². The maximum Gasteiger partial charge on any atom is 0.177 e. The molecule has 0 atom stereocenters. The number of aryl methyl sites for hydroxylation is 2. The van der Waals surface area contributed by atoms with Gasteiger partial charge in [-0.1, -0.05) is 62.2 Å². The van der Waals surface area contributed by atoms with Crippen LogP contribution in [0.15, 0.2) is 54.9 Å². The number of anilines is 1. The standard InChI is InChI=1S/C13H12ClN5.C11H16.C2H6O.CH2O/c1-8-3-4-12-11(18-8)7-17-19(12)13-10(15-2)5-9(14)6-16-13;1-9-5-7-10(8-6-9)11(2,3)4;1-3-2;1-2/h3-7,15H,1-2H3;5-8H,1-4H3;1-2H3;1H2. The van der Waals surface area contributed by atoms with Crippen LogP contribution in [0, 0.1) is 13.8 Å². The third-order valence-corrected chi connectivity index (χ3v) is 4.99. The van der Waals surface area contributed by atoms with Crippen LogP contribution in [0.5, 0.6) is 0 Å². The van der Waals surface area contributed by atoms with E-state index in [1.54, 1.807) is 31.3 Å². The number of fused-ring (bicyclic) bond motifs is 1. The molecular weight excluding hydrogens is 462 g/mol. The number of rotatable bonds is 2. The fourth-order valence-electron chi connectivity index (χ4n) is 3.03. The van der Waals surface area contributed by atoms with Gasteiger partial charge >= 0.3 is 0 Å². The summed E-state index contributed by atoms with van der Waals surface area (Å²) >= 11 is 5.95. The first-order valence-electron chi connectivity index (χ1n) is 11.0. The summed E-state index contributed by atoms with van der Waals surface area (Å²) in [6.45, 7) is 12.8. The van der Waals surface area contributed by atoms with Crippen molar-refractivity contribution in [2.24, 2.45) is 0 Å². The van der Waals surface area contributed by atoms with Gasteiger partial charge in [-0.25, -0.2) is 14.6 Å². The fraction of sp³-hybridized carbons (Fsp3) is 0.333. The molecule has 35 heavy (non-hydrogen) atoms. The molecule has 7 nitrogen and oxygen atoms in total. The van der Waals surface area contributed by atoms with Crippen molar-refractivity contribution in [2.75, 3.05) is 26.6 Å². The van der Waals surface area contributed by atoms with Crippen LogP contribution in [-0.2, 0) is 14.9 Å². The second-order valence-electron chi connectivity index (χ2n) is 8.71. The molecule has 3 heterocycles. The van der Waals surface area contributed by atoms with Gasteiger partial charge in [0, 0.05) is 33.2 Å². The summed E-state index contributed by atoms with van der Waals surface area (Å²) in [5.74, 6) is 0.701. The molecule has 8 heteroatoms. The molecule has 0 radical (unpaired) electrons. The first kappa shape index (κ1) is 29.7. The van der Waals surface area contributed by atoms with E-state index >= 15 is 0 Å². The first-order valence-corrected chi connectivity index (χ1v) is 11.4. The number of halogens is 1. The molecule has 0 amide bonds. The van der Waals surface area contributed by atoms with E-state index in [2.05, 4.69) is 77.1 Å². The van der Waals surface area contributed by atoms with Crippen LogP contribution in [0.1, 0.15) is 37.6 Å². The number of nitrogens with zero attached hydrogens (tertiary/aromatic N) is 4. The quantitative estimate of drug-likeness (QED) is 0.355. The Morgan fingerprint density at radius 3 is 2.14 bits per heavy atom. The lowest BCUT2D eigenvalue weighted by molar-refractivity contribution is -0.0979. The van der Waals surface area contributed by atoms with E-state index in [0.717, 1.165) is 22.4 Å². The topological polar surface area (TPSA) is 81.9 Å². The summed E-state index contributed by atoms with van der Waals surface area (Å²) < 4.78 is 6.00. The van der Waals surface area contributed by atoms with Crippen molar-refractivity contribution in [1.82, 2.24) is 19.7 Å². The zero-order valence-electron chi connectivity index (χ0n) is 21.9. The molecule has 0 fully saturated rings. The predicted octanol–water partition coefficient (Wildman–Crippen LogP) is 6.19. The Morgan fingerprint density at radius 1 is 1.00 bits per heavy atom. The molecule has 0 aliphatic heterocycles. The molecule has 0 bridgehead atoms. The van der Waals surface area contributed by atoms with Crippen LogP contribution in [0.2, 0.25) is 5.02 Å². The third kappa shape index (κ3) is 8.77. The molecule has 1 N–H and O–H groups in total. The number of benzene rings is 1. The van der Waals surface area contributed by atoms with Crippen molar-refractivity contribution in [3.05, 3.63) is 76.7 Å². The summed E-state index contributed by atoms with van der Waals surface area (Å²) in [4.78, 5) is 16.8. The average molecular weight is 498 g/mol. The molecular formula is C27H36ClN5O2. The number of aromatic nitrogens is 4. The highest BCUT2D eigenvalue weighted by molar-refractivity contribution is 6.30. The lowest BCUT2D eigenvalue weighted by atomic mass is 9.87. The van der Waals surface area contributed by atoms with Gasteiger partial charge in [0.25, 0.3) is 0 Å². The molecule has 0 spiro atoms. The Bertz CT molecular complexity index is 1180. The van der Waals surface area contributed by atoms with Gasteiger partial charge in [-0.05, 0) is 43.0 Å². The van der Waals surface area contributed by atoms with Gasteiger partial charge in [0.15, 0.2) is 5.82 Å². The molecule has 4 aromatic rings. The summed E-state index contributed by atoms with van der Waals surface area (Å²) in [7, 11) is 5.07. The van der Waals surface area contributed by atoms with Gasteiger partial charge in [0.2, 0.25) is 0 Å². The molecule has 4 rings (SSSR count). The Balaban J connectivity index is 0.000000326. The van der Waals surface area contributed by atoms with Gasteiger partial charge in [0.1, 0.15) is 12.3 Å². The van der Waals surface area contributed by atoms with Crippen molar-refractivity contribution in [2.45, 2.75) is 40.0 Å². The molecule has 0 aliphatic rings. The van der Waals surface area contributed by atoms with E-state index < -0.39 is 0 Å². The highest BCUT2D eigenvalue weighted by Crippen LogP contribution is 2.24. The van der Waals surface area contributed by atoms with Crippen molar-refractivity contribution in [1.29, 1.82) is 0 Å². The summed E-state index contributed by atoms with van der Waals surface area (Å²) in [6, 6.07) is 14.5. The van der Waals surface area contributed by atoms with E-state index in [4.69, 9.17) is 16.4 Å². The smallest absolute Gasteiger partial charge is 0.177 e. The summed E-state index contributed by atoms with van der Waals surface area (Å²) in [6.07, 6.45) is 3.34. The minimum Gasteiger partial charge on any atom is -0.388 e. The number of hydrogen-bond acceptors (Lipinski definition) is 6. The Kier molecular flexibility index (Phi) is 12.1. The maximum atomic E-state index is 8.00. The van der Waals surface area contributed by atoms with Gasteiger partial charge < -0.3 is 14.8 Å². The van der Waals surface area contributed by atoms with Crippen molar-refractivity contribution in [3.63, 3.8) is 0 Å². The molecule has 0 aliphatic carbocycles. The second kappa shape index (κ2) is 14.2. The molecule has 0 saturated heterocycles. The van der Waals surface area contributed by atoms with E-state index in [1.807, 2.05) is 39.0 Å². The zero-order chi connectivity index (χ0) is 26.6. The first-order chi connectivity index (χ1) is 16.6. The number of carbonyl (C=O) groups is 1. The predicted molar refractivity (Wildman–Crippen MR) is 146 cm³/mol. The minimum atomic E-state index is 0.285. The number of methoxy groups -OCH3 is 1. The SMILES string of the molecule is C=O.CNc1cc(Cl)cnc1-n1ncc2nc(C)ccc21.COC.Cc1ccc(C(C)(C)C)cc1. The lowest BCUT2D eigenvalue weighted by Crippen LogP contribution is -2.10. The van der Waals surface area contributed by atoms with Crippen molar-refractivity contribution in [3.8, 4) is 5.82 Å². The third-order valence-electron chi connectivity index (χ3n) is 4.79. The van der Waals surface area contributed by atoms with E-state index in [0.29, 0.717) is 10.8 Å². The van der Waals surface area contributed by atoms with Crippen LogP contribution in [0.3, 0.4) is 0 Å². The second-order valence-corrected chi connectivity index (χ2v) is 9.15. The van der Waals surface area contributed by atoms with Gasteiger partial charge in [-0.3, -0.25) is 0 Å². The highest BCUT2D eigenvalue weighted by atomic mass is 35.5. The van der Waals surface area contributed by atoms with Gasteiger partial charge in [0.05, 0.1) is 22.4 Å². The monoisotopic (exact) mass is 497 g/mol. The Hall–Kier alpha value is -3.29. The van der Waals surface area contributed by atoms with Crippen LogP contribution >= 0.6 is 11.6 Å². The van der Waals surface area contributed by atoms with E-state index in [9.17, 15) is 0 Å². The largest absolute Gasteiger partial charge is 0.388 e. The lowest BCUT2D eigenvalue weighted by Gasteiger charge is -2.18. The van der Waals surface area contributed by atoms with E-state index in [-0.39, 0.29) is 5.41 Å². The maximum absolute atomic E-state index is 8.00. The number of pyridine rings is 2. The number of nitrogens with one attached hydrogen (secondary N) is 1. The summed E-state index contributed by atoms with van der Waals surface area (Å²) in [5, 5.41) is 8.01. The number of hydrogen-bond donors (Lipinski definition) is 1. The van der Waals surface area contributed by atoms with Crippen LogP contribution in [0.4, 0.5) is 5.69 Å². The summed E-state index contributed by atoms with van der Waals surface area (Å²) in [5.41, 5.74) is 6.56. The van der Waals surface area contributed by atoms with Gasteiger partial charge in [-0.2, -0.15) is 5.10 Å². The fourth-order valence-corrected chi connectivity index (χ4v) is 3.18. The molecule has 3 aromatic heterocycles. The Labute approximate surface area is 213 Å². The van der Waals surface area contributed by atoms with Crippen LogP contribution in [0.25, 0.3) is 16.9 Å². The molecule has 0 saturated carbocycles. The van der Waals surface area contributed by atoms with E-state index in [1.165, 1.54) is 11.1 Å². The zero-order valence-corrected chi connectivity index (χ0v) is 22.6.